The van der Waals surface area contributed by atoms with Gasteiger partial charge in [-0.15, -0.1) is 0 Å². The Morgan fingerprint density at radius 3 is 2.24 bits per heavy atom. The number of hydrogen-bond acceptors (Lipinski definition) is 4. The standard InChI is InChI=1S/C29H30F4N2O3/c1-2-18-4-3-5-19(10-18)16-34-17-28(37)26(13-20-11-22(30)15-23(31)12-20)35-29(38)9-8-27(36)21-6-7-24(32)25(33)14-21/h3-7,10-12,14-15,26,28,34,37H,2,8-9,13,16-17H2,1H3,(H,35,38)/t26-,28+/m0/s1. The summed E-state index contributed by atoms with van der Waals surface area (Å²) in [4.78, 5) is 24.9. The van der Waals surface area contributed by atoms with Crippen molar-refractivity contribution >= 4 is 11.7 Å². The van der Waals surface area contributed by atoms with Crippen LogP contribution in [0, 0.1) is 23.3 Å². The molecule has 0 saturated carbocycles. The zero-order valence-electron chi connectivity index (χ0n) is 20.9. The van der Waals surface area contributed by atoms with Gasteiger partial charge < -0.3 is 15.7 Å². The molecule has 3 N–H and O–H groups in total. The molecular formula is C29H30F4N2O3. The maximum absolute atomic E-state index is 13.7. The molecule has 202 valence electrons. The molecule has 1 amide bonds. The van der Waals surface area contributed by atoms with Crippen LogP contribution in [0.4, 0.5) is 17.6 Å². The molecule has 38 heavy (non-hydrogen) atoms. The molecule has 2 atom stereocenters. The van der Waals surface area contributed by atoms with Crippen molar-refractivity contribution in [2.24, 2.45) is 0 Å². The first-order valence-electron chi connectivity index (χ1n) is 12.3. The minimum absolute atomic E-state index is 0.0638. The minimum atomic E-state index is -1.17. The summed E-state index contributed by atoms with van der Waals surface area (Å²) < 4.78 is 54.0. The molecule has 0 aliphatic heterocycles. The van der Waals surface area contributed by atoms with E-state index in [4.69, 9.17) is 0 Å². The number of nitrogens with one attached hydrogen (secondary N) is 2. The monoisotopic (exact) mass is 530 g/mol. The van der Waals surface area contributed by atoms with Gasteiger partial charge in [0.15, 0.2) is 17.4 Å². The van der Waals surface area contributed by atoms with Gasteiger partial charge in [-0.05, 0) is 59.9 Å². The number of aliphatic hydroxyl groups is 1. The van der Waals surface area contributed by atoms with E-state index in [1.54, 1.807) is 0 Å². The van der Waals surface area contributed by atoms with E-state index >= 15 is 0 Å². The summed E-state index contributed by atoms with van der Waals surface area (Å²) in [5.74, 6) is -4.97. The third kappa shape index (κ3) is 8.78. The van der Waals surface area contributed by atoms with Crippen LogP contribution in [-0.4, -0.2) is 35.5 Å². The average Bonchev–Trinajstić information content (AvgIpc) is 2.88. The van der Waals surface area contributed by atoms with Gasteiger partial charge in [0.1, 0.15) is 11.6 Å². The number of hydrogen-bond donors (Lipinski definition) is 3. The van der Waals surface area contributed by atoms with Crippen LogP contribution < -0.4 is 10.6 Å². The molecule has 0 unspecified atom stereocenters. The van der Waals surface area contributed by atoms with Gasteiger partial charge in [-0.3, -0.25) is 9.59 Å². The Balaban J connectivity index is 1.63. The molecule has 0 saturated heterocycles. The van der Waals surface area contributed by atoms with Crippen LogP contribution in [0.25, 0.3) is 0 Å². The molecule has 0 aromatic heterocycles. The van der Waals surface area contributed by atoms with E-state index in [-0.39, 0.29) is 36.9 Å². The second-order valence-corrected chi connectivity index (χ2v) is 9.08. The number of rotatable bonds is 13. The molecule has 0 bridgehead atoms. The van der Waals surface area contributed by atoms with Crippen LogP contribution in [0.2, 0.25) is 0 Å². The van der Waals surface area contributed by atoms with Gasteiger partial charge in [0.2, 0.25) is 5.91 Å². The number of benzene rings is 3. The van der Waals surface area contributed by atoms with Crippen molar-refractivity contribution in [3.63, 3.8) is 0 Å². The summed E-state index contributed by atoms with van der Waals surface area (Å²) in [6, 6.07) is 12.7. The lowest BCUT2D eigenvalue weighted by Crippen LogP contribution is -2.48. The first-order chi connectivity index (χ1) is 18.1. The van der Waals surface area contributed by atoms with Gasteiger partial charge in [-0.25, -0.2) is 17.6 Å². The van der Waals surface area contributed by atoms with Crippen LogP contribution in [-0.2, 0) is 24.2 Å². The van der Waals surface area contributed by atoms with E-state index in [1.165, 1.54) is 5.56 Å². The van der Waals surface area contributed by atoms with E-state index in [9.17, 15) is 32.3 Å². The highest BCUT2D eigenvalue weighted by molar-refractivity contribution is 5.98. The van der Waals surface area contributed by atoms with E-state index in [0.29, 0.717) is 6.54 Å². The van der Waals surface area contributed by atoms with Gasteiger partial charge in [-0.1, -0.05) is 31.2 Å². The molecule has 9 heteroatoms. The summed E-state index contributed by atoms with van der Waals surface area (Å²) in [6.45, 7) is 2.58. The summed E-state index contributed by atoms with van der Waals surface area (Å²) >= 11 is 0. The quantitative estimate of drug-likeness (QED) is 0.222. The molecular weight excluding hydrogens is 500 g/mol. The number of halogens is 4. The second-order valence-electron chi connectivity index (χ2n) is 9.08. The van der Waals surface area contributed by atoms with Gasteiger partial charge in [0.05, 0.1) is 12.1 Å². The van der Waals surface area contributed by atoms with Crippen molar-refractivity contribution in [2.45, 2.75) is 51.3 Å². The van der Waals surface area contributed by atoms with Crippen molar-refractivity contribution < 1.29 is 32.3 Å². The average molecular weight is 531 g/mol. The summed E-state index contributed by atoms with van der Waals surface area (Å²) in [5.41, 5.74) is 2.35. The predicted molar refractivity (Wildman–Crippen MR) is 135 cm³/mol. The lowest BCUT2D eigenvalue weighted by Gasteiger charge is -2.25. The lowest BCUT2D eigenvalue weighted by atomic mass is 9.99. The summed E-state index contributed by atoms with van der Waals surface area (Å²) in [6.07, 6.45) is -0.864. The number of Topliss-reactive ketones (excluding diaryl/α,β-unsaturated/α-hetero) is 1. The first kappa shape index (κ1) is 29.0. The Morgan fingerprint density at radius 1 is 0.842 bits per heavy atom. The molecule has 0 spiro atoms. The zero-order valence-corrected chi connectivity index (χ0v) is 20.9. The Bertz CT molecular complexity index is 1250. The molecule has 3 aromatic rings. The molecule has 0 radical (unpaired) electrons. The Labute approximate surface area is 218 Å². The maximum Gasteiger partial charge on any atom is 0.220 e. The maximum atomic E-state index is 13.7. The Hall–Kier alpha value is -3.56. The highest BCUT2D eigenvalue weighted by Crippen LogP contribution is 2.14. The Morgan fingerprint density at radius 2 is 1.55 bits per heavy atom. The SMILES string of the molecule is CCc1cccc(CNC[C@@H](O)[C@H](Cc2cc(F)cc(F)c2)NC(=O)CCC(=O)c2ccc(F)c(F)c2)c1. The molecule has 0 heterocycles. The highest BCUT2D eigenvalue weighted by atomic mass is 19.2. The first-order valence-corrected chi connectivity index (χ1v) is 12.3. The fourth-order valence-corrected chi connectivity index (χ4v) is 4.05. The van der Waals surface area contributed by atoms with Crippen LogP contribution >= 0.6 is 0 Å². The molecule has 0 fully saturated rings. The van der Waals surface area contributed by atoms with Crippen LogP contribution in [0.1, 0.15) is 46.8 Å². The van der Waals surface area contributed by atoms with Crippen molar-refractivity contribution in [1.29, 1.82) is 0 Å². The fourth-order valence-electron chi connectivity index (χ4n) is 4.05. The van der Waals surface area contributed by atoms with E-state index in [1.807, 2.05) is 31.2 Å². The largest absolute Gasteiger partial charge is 0.390 e. The second kappa shape index (κ2) is 13.8. The van der Waals surface area contributed by atoms with E-state index < -0.39 is 47.1 Å². The molecule has 3 aromatic carbocycles. The molecule has 5 nitrogen and oxygen atoms in total. The van der Waals surface area contributed by atoms with Gasteiger partial charge in [-0.2, -0.15) is 0 Å². The third-order valence-corrected chi connectivity index (χ3v) is 6.09. The van der Waals surface area contributed by atoms with E-state index in [0.717, 1.165) is 48.4 Å². The van der Waals surface area contributed by atoms with Crippen molar-refractivity contribution in [1.82, 2.24) is 10.6 Å². The molecule has 0 aliphatic carbocycles. The van der Waals surface area contributed by atoms with Crippen LogP contribution in [0.5, 0.6) is 0 Å². The van der Waals surface area contributed by atoms with Gasteiger partial charge in [0, 0.05) is 37.6 Å². The summed E-state index contributed by atoms with van der Waals surface area (Å²) in [7, 11) is 0. The third-order valence-electron chi connectivity index (χ3n) is 6.09. The summed E-state index contributed by atoms with van der Waals surface area (Å²) in [5, 5.41) is 16.6. The number of carbonyl (C=O) groups excluding carboxylic acids is 2. The highest BCUT2D eigenvalue weighted by Gasteiger charge is 2.23. The van der Waals surface area contributed by atoms with Gasteiger partial charge >= 0.3 is 0 Å². The fraction of sp³-hybridized carbons (Fsp3) is 0.310. The van der Waals surface area contributed by atoms with Crippen molar-refractivity contribution in [2.75, 3.05) is 6.54 Å². The molecule has 0 aliphatic rings. The number of carbonyl (C=O) groups is 2. The van der Waals surface area contributed by atoms with Crippen LogP contribution in [0.3, 0.4) is 0 Å². The van der Waals surface area contributed by atoms with Crippen molar-refractivity contribution in [3.8, 4) is 0 Å². The smallest absolute Gasteiger partial charge is 0.220 e. The topological polar surface area (TPSA) is 78.4 Å². The van der Waals surface area contributed by atoms with E-state index in [2.05, 4.69) is 10.6 Å². The lowest BCUT2D eigenvalue weighted by molar-refractivity contribution is -0.122. The number of aliphatic hydroxyl groups excluding tert-OH is 1. The predicted octanol–water partition coefficient (Wildman–Crippen LogP) is 4.65. The number of aryl methyl sites for hydroxylation is 1. The minimum Gasteiger partial charge on any atom is -0.390 e. The van der Waals surface area contributed by atoms with Crippen LogP contribution in [0.15, 0.2) is 60.7 Å². The Kier molecular flexibility index (Phi) is 10.6. The molecule has 3 rings (SSSR count). The van der Waals surface area contributed by atoms with Crippen molar-refractivity contribution in [3.05, 3.63) is 106 Å². The zero-order chi connectivity index (χ0) is 27.7. The number of ketones is 1. The van der Waals surface area contributed by atoms with Gasteiger partial charge in [0.25, 0.3) is 0 Å². The number of amides is 1. The normalized spacial score (nSPS) is 12.7.